The van der Waals surface area contributed by atoms with Crippen molar-refractivity contribution in [3.05, 3.63) is 65.2 Å². The lowest BCUT2D eigenvalue weighted by molar-refractivity contribution is -0.136. The molecule has 0 saturated heterocycles. The first kappa shape index (κ1) is 17.7. The quantitative estimate of drug-likeness (QED) is 0.804. The number of benzene rings is 2. The van der Waals surface area contributed by atoms with Crippen LogP contribution in [-0.4, -0.2) is 17.0 Å². The van der Waals surface area contributed by atoms with E-state index in [1.165, 1.54) is 5.56 Å². The van der Waals surface area contributed by atoms with E-state index in [0.717, 1.165) is 12.0 Å². The summed E-state index contributed by atoms with van der Waals surface area (Å²) in [6.45, 7) is 4.12. The highest BCUT2D eigenvalue weighted by molar-refractivity contribution is 5.91. The molecule has 0 radical (unpaired) electrons. The molecule has 126 valence electrons. The van der Waals surface area contributed by atoms with Crippen molar-refractivity contribution in [3.8, 4) is 0 Å². The lowest BCUT2D eigenvalue weighted by Crippen LogP contribution is -2.15. The Hall–Kier alpha value is -2.62. The number of carbonyl (C=O) groups excluding carboxylic acids is 1. The van der Waals surface area contributed by atoms with Crippen LogP contribution < -0.4 is 5.32 Å². The Labute approximate surface area is 142 Å². The molecule has 2 aromatic rings. The number of rotatable bonds is 7. The molecule has 24 heavy (non-hydrogen) atoms. The highest BCUT2D eigenvalue weighted by Crippen LogP contribution is 2.24. The summed E-state index contributed by atoms with van der Waals surface area (Å²) in [6.07, 6.45) is 1.24. The molecule has 4 nitrogen and oxygen atoms in total. The standard InChI is InChI=1S/C20H23NO3/c1-3-16(17-9-7-14(2)8-10-17)13-19(22)21-18-6-4-5-15(11-18)12-20(23)24/h4-11,16H,3,12-13H2,1-2H3,(H,21,22)(H,23,24). The Morgan fingerprint density at radius 3 is 2.46 bits per heavy atom. The molecule has 1 atom stereocenters. The maximum absolute atomic E-state index is 12.3. The van der Waals surface area contributed by atoms with Gasteiger partial charge in [-0.05, 0) is 42.5 Å². The van der Waals surface area contributed by atoms with E-state index in [1.54, 1.807) is 24.3 Å². The molecular formula is C20H23NO3. The minimum Gasteiger partial charge on any atom is -0.481 e. The van der Waals surface area contributed by atoms with Gasteiger partial charge in [0.15, 0.2) is 0 Å². The summed E-state index contributed by atoms with van der Waals surface area (Å²) in [7, 11) is 0. The minimum atomic E-state index is -0.885. The molecule has 1 amide bonds. The van der Waals surface area contributed by atoms with E-state index < -0.39 is 5.97 Å². The van der Waals surface area contributed by atoms with Crippen LogP contribution in [0.2, 0.25) is 0 Å². The summed E-state index contributed by atoms with van der Waals surface area (Å²) in [5, 5.41) is 11.7. The fourth-order valence-corrected chi connectivity index (χ4v) is 2.71. The van der Waals surface area contributed by atoms with Crippen molar-refractivity contribution in [2.75, 3.05) is 5.32 Å². The van der Waals surface area contributed by atoms with Gasteiger partial charge >= 0.3 is 5.97 Å². The fraction of sp³-hybridized carbons (Fsp3) is 0.300. The van der Waals surface area contributed by atoms with Gasteiger partial charge in [-0.3, -0.25) is 9.59 Å². The Bertz CT molecular complexity index is 707. The summed E-state index contributed by atoms with van der Waals surface area (Å²) in [4.78, 5) is 23.1. The van der Waals surface area contributed by atoms with Crippen molar-refractivity contribution in [2.45, 2.75) is 39.0 Å². The van der Waals surface area contributed by atoms with Gasteiger partial charge < -0.3 is 10.4 Å². The monoisotopic (exact) mass is 325 g/mol. The topological polar surface area (TPSA) is 66.4 Å². The summed E-state index contributed by atoms with van der Waals surface area (Å²) in [6, 6.07) is 15.2. The lowest BCUT2D eigenvalue weighted by Gasteiger charge is -2.15. The molecular weight excluding hydrogens is 302 g/mol. The number of aryl methyl sites for hydroxylation is 1. The van der Waals surface area contributed by atoms with Crippen molar-refractivity contribution < 1.29 is 14.7 Å². The molecule has 0 aromatic heterocycles. The molecule has 2 N–H and O–H groups in total. The highest BCUT2D eigenvalue weighted by atomic mass is 16.4. The average Bonchev–Trinajstić information content (AvgIpc) is 2.53. The zero-order valence-corrected chi connectivity index (χ0v) is 14.1. The molecule has 1 unspecified atom stereocenters. The molecule has 0 aliphatic carbocycles. The van der Waals surface area contributed by atoms with Crippen molar-refractivity contribution in [3.63, 3.8) is 0 Å². The number of carboxylic acid groups (broad SMARTS) is 1. The van der Waals surface area contributed by atoms with Gasteiger partial charge in [0, 0.05) is 12.1 Å². The number of hydrogen-bond donors (Lipinski definition) is 2. The van der Waals surface area contributed by atoms with Crippen molar-refractivity contribution in [1.82, 2.24) is 0 Å². The average molecular weight is 325 g/mol. The predicted octanol–water partition coefficient (Wildman–Crippen LogP) is 4.14. The van der Waals surface area contributed by atoms with E-state index in [9.17, 15) is 9.59 Å². The molecule has 0 saturated carbocycles. The van der Waals surface area contributed by atoms with Crippen LogP contribution in [-0.2, 0) is 16.0 Å². The number of hydrogen-bond acceptors (Lipinski definition) is 2. The molecule has 0 fully saturated rings. The summed E-state index contributed by atoms with van der Waals surface area (Å²) in [5.74, 6) is -0.772. The van der Waals surface area contributed by atoms with Crippen LogP contribution in [0, 0.1) is 6.92 Å². The van der Waals surface area contributed by atoms with Gasteiger partial charge in [-0.25, -0.2) is 0 Å². The first-order valence-electron chi connectivity index (χ1n) is 8.15. The van der Waals surface area contributed by atoms with Crippen LogP contribution in [0.25, 0.3) is 0 Å². The maximum Gasteiger partial charge on any atom is 0.307 e. The first-order chi connectivity index (χ1) is 11.5. The van der Waals surface area contributed by atoms with Gasteiger partial charge in [0.1, 0.15) is 0 Å². The van der Waals surface area contributed by atoms with Gasteiger partial charge in [0.2, 0.25) is 5.91 Å². The Kier molecular flexibility index (Phi) is 6.13. The lowest BCUT2D eigenvalue weighted by atomic mass is 9.92. The van der Waals surface area contributed by atoms with Crippen LogP contribution in [0.4, 0.5) is 5.69 Å². The number of aliphatic carboxylic acids is 1. The van der Waals surface area contributed by atoms with Crippen LogP contribution in [0.5, 0.6) is 0 Å². The Morgan fingerprint density at radius 1 is 1.12 bits per heavy atom. The maximum atomic E-state index is 12.3. The zero-order chi connectivity index (χ0) is 17.5. The molecule has 0 aliphatic rings. The van der Waals surface area contributed by atoms with E-state index in [-0.39, 0.29) is 18.2 Å². The largest absolute Gasteiger partial charge is 0.481 e. The van der Waals surface area contributed by atoms with E-state index >= 15 is 0 Å². The normalized spacial score (nSPS) is 11.8. The van der Waals surface area contributed by atoms with Gasteiger partial charge in [-0.15, -0.1) is 0 Å². The minimum absolute atomic E-state index is 0.0509. The van der Waals surface area contributed by atoms with Crippen molar-refractivity contribution in [1.29, 1.82) is 0 Å². The second-order valence-corrected chi connectivity index (χ2v) is 6.04. The van der Waals surface area contributed by atoms with Crippen LogP contribution in [0.3, 0.4) is 0 Å². The van der Waals surface area contributed by atoms with Gasteiger partial charge in [0.05, 0.1) is 6.42 Å². The summed E-state index contributed by atoms with van der Waals surface area (Å²) < 4.78 is 0. The van der Waals surface area contributed by atoms with Gasteiger partial charge in [0.25, 0.3) is 0 Å². The van der Waals surface area contributed by atoms with Gasteiger partial charge in [-0.1, -0.05) is 48.9 Å². The molecule has 0 heterocycles. The molecule has 2 rings (SSSR count). The predicted molar refractivity (Wildman–Crippen MR) is 95.2 cm³/mol. The van der Waals surface area contributed by atoms with Crippen molar-refractivity contribution in [2.24, 2.45) is 0 Å². The highest BCUT2D eigenvalue weighted by Gasteiger charge is 2.14. The van der Waals surface area contributed by atoms with E-state index in [2.05, 4.69) is 36.5 Å². The second-order valence-electron chi connectivity index (χ2n) is 6.04. The van der Waals surface area contributed by atoms with E-state index in [0.29, 0.717) is 17.7 Å². The SMILES string of the molecule is CCC(CC(=O)Nc1cccc(CC(=O)O)c1)c1ccc(C)cc1. The molecule has 2 aromatic carbocycles. The smallest absolute Gasteiger partial charge is 0.307 e. The summed E-state index contributed by atoms with van der Waals surface area (Å²) >= 11 is 0. The number of carbonyl (C=O) groups is 2. The third kappa shape index (κ3) is 5.23. The number of amides is 1. The van der Waals surface area contributed by atoms with E-state index in [1.807, 2.05) is 6.92 Å². The van der Waals surface area contributed by atoms with E-state index in [4.69, 9.17) is 5.11 Å². The zero-order valence-electron chi connectivity index (χ0n) is 14.1. The third-order valence-corrected chi connectivity index (χ3v) is 4.04. The molecule has 4 heteroatoms. The Morgan fingerprint density at radius 2 is 1.83 bits per heavy atom. The third-order valence-electron chi connectivity index (χ3n) is 4.04. The second kappa shape index (κ2) is 8.29. The number of nitrogens with one attached hydrogen (secondary N) is 1. The van der Waals surface area contributed by atoms with Crippen LogP contribution in [0.15, 0.2) is 48.5 Å². The summed E-state index contributed by atoms with van der Waals surface area (Å²) in [5.41, 5.74) is 3.68. The van der Waals surface area contributed by atoms with Gasteiger partial charge in [-0.2, -0.15) is 0 Å². The molecule has 0 spiro atoms. The van der Waals surface area contributed by atoms with Crippen molar-refractivity contribution >= 4 is 17.6 Å². The Balaban J connectivity index is 2.01. The fourth-order valence-electron chi connectivity index (χ4n) is 2.71. The number of anilines is 1. The number of carboxylic acids is 1. The van der Waals surface area contributed by atoms with Crippen LogP contribution in [0.1, 0.15) is 42.4 Å². The molecule has 0 aliphatic heterocycles. The first-order valence-corrected chi connectivity index (χ1v) is 8.15. The van der Waals surface area contributed by atoms with Crippen LogP contribution >= 0.6 is 0 Å². The molecule has 0 bridgehead atoms.